The third-order valence-corrected chi connectivity index (χ3v) is 6.32. The van der Waals surface area contributed by atoms with Crippen LogP contribution in [0.1, 0.15) is 6.92 Å². The molecule has 2 rings (SSSR count). The van der Waals surface area contributed by atoms with Crippen molar-refractivity contribution in [1.29, 1.82) is 0 Å². The first kappa shape index (κ1) is 32.2. The highest BCUT2D eigenvalue weighted by molar-refractivity contribution is 7.89. The van der Waals surface area contributed by atoms with Crippen LogP contribution in [-0.4, -0.2) is 120 Å². The Hall–Kier alpha value is -0.0300. The molecule has 4 unspecified atom stereocenters. The van der Waals surface area contributed by atoms with E-state index in [2.05, 4.69) is 22.9 Å². The summed E-state index contributed by atoms with van der Waals surface area (Å²) in [5.74, 6) is 0. The van der Waals surface area contributed by atoms with Crippen LogP contribution in [0.15, 0.2) is 0 Å². The van der Waals surface area contributed by atoms with Crippen LogP contribution >= 0.6 is 24.6 Å². The Morgan fingerprint density at radius 1 is 0.889 bits per heavy atom. The molecule has 19 nitrogen and oxygen atoms in total. The molecule has 10 atom stereocenters. The molecule has 0 amide bonds. The molecule has 2 saturated heterocycles. The minimum atomic E-state index is -4.92. The number of hydrogen-bond donors (Lipinski definition) is 6. The minimum Gasteiger partial charge on any atom is -0.394 e. The lowest BCUT2D eigenvalue weighted by atomic mass is 9.95. The molecule has 0 aliphatic carbocycles. The van der Waals surface area contributed by atoms with E-state index >= 15 is 0 Å². The number of aliphatic hydroxyl groups is 3. The van der Waals surface area contributed by atoms with E-state index in [4.69, 9.17) is 42.4 Å². The standard InChI is InChI=1S/C14H26O19S3/c1-5-10(28-34-32-30-18)9(17)11(7(25-5)4-24-36(20,21)22)27-14-13(29-35-33-31-19)12(23-2)8(16)6(3-15)26-14/h5-19H,3-4H2,1-2H3,(H,20,21,22)/t5-,6?,7?,8-,9?,10-,11-,12?,13+,14-/m0/s1. The minimum absolute atomic E-state index is 0.0865. The second-order valence-electron chi connectivity index (χ2n) is 7.14. The van der Waals surface area contributed by atoms with Gasteiger partial charge in [-0.3, -0.25) is 12.9 Å². The molecule has 0 radical (unpaired) electrons. The van der Waals surface area contributed by atoms with Crippen LogP contribution in [0.25, 0.3) is 0 Å². The fourth-order valence-electron chi connectivity index (χ4n) is 3.53. The highest BCUT2D eigenvalue weighted by Crippen LogP contribution is 2.34. The summed E-state index contributed by atoms with van der Waals surface area (Å²) in [6, 6.07) is 0. The quantitative estimate of drug-likeness (QED) is 0.0400. The van der Waals surface area contributed by atoms with Gasteiger partial charge in [-0.2, -0.15) is 8.42 Å². The third kappa shape index (κ3) is 9.02. The molecule has 22 heteroatoms. The smallest absolute Gasteiger partial charge is 0.394 e. The van der Waals surface area contributed by atoms with E-state index in [-0.39, 0.29) is 24.6 Å². The zero-order valence-electron chi connectivity index (χ0n) is 18.4. The average molecular weight is 595 g/mol. The maximum Gasteiger partial charge on any atom is 0.397 e. The van der Waals surface area contributed by atoms with Gasteiger partial charge in [0.05, 0.1) is 19.3 Å². The second-order valence-corrected chi connectivity index (χ2v) is 9.16. The Kier molecular flexibility index (Phi) is 13.9. The van der Waals surface area contributed by atoms with Crippen molar-refractivity contribution >= 4 is 35.0 Å². The van der Waals surface area contributed by atoms with Crippen molar-refractivity contribution in [3.63, 3.8) is 0 Å². The lowest BCUT2D eigenvalue weighted by Crippen LogP contribution is -2.64. The van der Waals surface area contributed by atoms with Crippen molar-refractivity contribution in [3.05, 3.63) is 0 Å². The van der Waals surface area contributed by atoms with Crippen LogP contribution in [-0.2, 0) is 60.6 Å². The molecule has 0 aromatic carbocycles. The molecule has 2 aliphatic heterocycles. The summed E-state index contributed by atoms with van der Waals surface area (Å²) in [7, 11) is -3.72. The summed E-state index contributed by atoms with van der Waals surface area (Å²) in [5, 5.41) is 54.4. The molecule has 0 saturated carbocycles. The summed E-state index contributed by atoms with van der Waals surface area (Å²) in [6.07, 6.45) is -13.7. The first-order chi connectivity index (χ1) is 17.1. The van der Waals surface area contributed by atoms with Gasteiger partial charge in [0, 0.05) is 7.11 Å². The van der Waals surface area contributed by atoms with Gasteiger partial charge in [0.25, 0.3) is 0 Å². The Labute approximate surface area is 212 Å². The van der Waals surface area contributed by atoms with E-state index in [1.807, 2.05) is 0 Å². The van der Waals surface area contributed by atoms with Gasteiger partial charge in [-0.05, 0) is 6.92 Å². The fourth-order valence-corrected chi connectivity index (χ4v) is 4.61. The second kappa shape index (κ2) is 15.5. The van der Waals surface area contributed by atoms with Gasteiger partial charge in [0.1, 0.15) is 42.7 Å². The Bertz CT molecular complexity index is 730. The zero-order chi connectivity index (χ0) is 26.9. The van der Waals surface area contributed by atoms with Crippen molar-refractivity contribution in [2.75, 3.05) is 20.3 Å². The lowest BCUT2D eigenvalue weighted by Gasteiger charge is -2.47. The van der Waals surface area contributed by atoms with Crippen LogP contribution in [0.3, 0.4) is 0 Å². The van der Waals surface area contributed by atoms with Gasteiger partial charge in [-0.1, -0.05) is 10.1 Å². The maximum absolute atomic E-state index is 11.1. The third-order valence-electron chi connectivity index (χ3n) is 5.05. The van der Waals surface area contributed by atoms with E-state index in [9.17, 15) is 23.7 Å². The molecule has 0 spiro atoms. The van der Waals surface area contributed by atoms with Crippen LogP contribution in [0, 0.1) is 0 Å². The molecule has 2 aliphatic rings. The van der Waals surface area contributed by atoms with Crippen LogP contribution in [0.4, 0.5) is 0 Å². The summed E-state index contributed by atoms with van der Waals surface area (Å²) in [4.78, 5) is 0. The summed E-state index contributed by atoms with van der Waals surface area (Å²) >= 11 is 0.209. The number of methoxy groups -OCH3 is 1. The van der Waals surface area contributed by atoms with Gasteiger partial charge in [-0.15, -0.1) is 8.67 Å². The monoisotopic (exact) mass is 594 g/mol. The van der Waals surface area contributed by atoms with E-state index < -0.39 is 84.8 Å². The highest BCUT2D eigenvalue weighted by Gasteiger charge is 2.52. The Morgan fingerprint density at radius 2 is 1.50 bits per heavy atom. The predicted octanol–water partition coefficient (Wildman–Crippen LogP) is -1.83. The fraction of sp³-hybridized carbons (Fsp3) is 1.00. The first-order valence-corrected chi connectivity index (χ1v) is 12.5. The van der Waals surface area contributed by atoms with E-state index in [0.29, 0.717) is 0 Å². The molecule has 0 aromatic rings. The van der Waals surface area contributed by atoms with E-state index in [1.165, 1.54) is 14.0 Å². The lowest BCUT2D eigenvalue weighted by molar-refractivity contribution is -0.435. The maximum atomic E-state index is 11.1. The normalized spacial score (nSPS) is 37.8. The molecule has 2 heterocycles. The SMILES string of the molecule is COC1[C@@H](O)C(CO)O[C@@H](O[C@H]2C(COS(=O)(=O)O)O[C@@H](C)[C@H](OSOOO)C2O)[C@@H]1OSOOO. The Balaban J connectivity index is 2.31. The molecule has 0 aromatic heterocycles. The van der Waals surface area contributed by atoms with Crippen molar-refractivity contribution < 1.29 is 89.0 Å². The van der Waals surface area contributed by atoms with Crippen LogP contribution < -0.4 is 0 Å². The molecule has 214 valence electrons. The van der Waals surface area contributed by atoms with Gasteiger partial charge >= 0.3 is 10.4 Å². The van der Waals surface area contributed by atoms with E-state index in [1.54, 1.807) is 0 Å². The highest BCUT2D eigenvalue weighted by atomic mass is 32.3. The van der Waals surface area contributed by atoms with Gasteiger partial charge in [0.15, 0.2) is 37.0 Å². The summed E-state index contributed by atoms with van der Waals surface area (Å²) in [6.45, 7) is -0.112. The zero-order valence-corrected chi connectivity index (χ0v) is 20.9. The van der Waals surface area contributed by atoms with Gasteiger partial charge in [0.2, 0.25) is 0 Å². The molecule has 0 bridgehead atoms. The molecule has 6 N–H and O–H groups in total. The predicted molar refractivity (Wildman–Crippen MR) is 110 cm³/mol. The molecule has 2 fully saturated rings. The summed E-state index contributed by atoms with van der Waals surface area (Å²) in [5.41, 5.74) is 0. The van der Waals surface area contributed by atoms with Crippen molar-refractivity contribution in [2.24, 2.45) is 0 Å². The number of ether oxygens (including phenoxy) is 4. The first-order valence-electron chi connectivity index (χ1n) is 9.76. The van der Waals surface area contributed by atoms with Crippen LogP contribution in [0.2, 0.25) is 0 Å². The van der Waals surface area contributed by atoms with E-state index in [0.717, 1.165) is 0 Å². The topological polar surface area (TPSA) is 257 Å². The number of hydrogen-bond acceptors (Lipinski definition) is 20. The molecule has 36 heavy (non-hydrogen) atoms. The van der Waals surface area contributed by atoms with Crippen molar-refractivity contribution in [3.8, 4) is 0 Å². The average Bonchev–Trinajstić information content (AvgIpc) is 2.82. The Morgan fingerprint density at radius 3 is 2.03 bits per heavy atom. The van der Waals surface area contributed by atoms with Crippen molar-refractivity contribution in [1.82, 2.24) is 0 Å². The van der Waals surface area contributed by atoms with Crippen molar-refractivity contribution in [2.45, 2.75) is 68.1 Å². The van der Waals surface area contributed by atoms with Gasteiger partial charge < -0.3 is 34.3 Å². The number of aliphatic hydroxyl groups excluding tert-OH is 3. The number of rotatable bonds is 15. The molecular weight excluding hydrogens is 568 g/mol. The largest absolute Gasteiger partial charge is 0.397 e. The summed E-state index contributed by atoms with van der Waals surface area (Å²) < 4.78 is 76.4. The van der Waals surface area contributed by atoms with Gasteiger partial charge in [-0.25, -0.2) is 14.7 Å². The van der Waals surface area contributed by atoms with Crippen LogP contribution in [0.5, 0.6) is 0 Å². The molecular formula is C14H26O19S3.